The summed E-state index contributed by atoms with van der Waals surface area (Å²) in [5.41, 5.74) is 0.0764. The van der Waals surface area contributed by atoms with Gasteiger partial charge in [0.2, 0.25) is 0 Å². The minimum absolute atomic E-state index is 0.0491. The fourth-order valence-electron chi connectivity index (χ4n) is 4.43. The van der Waals surface area contributed by atoms with Crippen molar-refractivity contribution in [1.29, 1.82) is 0 Å². The molecule has 0 bridgehead atoms. The Morgan fingerprint density at radius 3 is 2.22 bits per heavy atom. The Morgan fingerprint density at radius 2 is 1.83 bits per heavy atom. The van der Waals surface area contributed by atoms with Crippen LogP contribution in [0, 0.1) is 16.7 Å². The second-order valence-corrected chi connectivity index (χ2v) is 11.5. The molecule has 1 spiro atoms. The lowest BCUT2D eigenvalue weighted by atomic mass is 9.48. The highest BCUT2D eigenvalue weighted by Gasteiger charge is 2.64. The molecular formula is C17H32N2O3S. The fourth-order valence-corrected chi connectivity index (χ4v) is 5.32. The summed E-state index contributed by atoms with van der Waals surface area (Å²) in [7, 11) is 0. The van der Waals surface area contributed by atoms with Crippen molar-refractivity contribution in [1.82, 2.24) is 9.62 Å². The number of rotatable bonds is 3. The van der Waals surface area contributed by atoms with Gasteiger partial charge in [-0.15, -0.1) is 4.72 Å². The van der Waals surface area contributed by atoms with E-state index in [1.807, 2.05) is 20.8 Å². The molecule has 1 saturated carbocycles. The summed E-state index contributed by atoms with van der Waals surface area (Å²) in [5.74, 6) is 0.474. The number of nitrogens with one attached hydrogen (secondary N) is 1. The highest BCUT2D eigenvalue weighted by Crippen LogP contribution is 2.61. The maximum absolute atomic E-state index is 12.2. The van der Waals surface area contributed by atoms with Crippen LogP contribution in [0.5, 0.6) is 0 Å². The van der Waals surface area contributed by atoms with Gasteiger partial charge in [-0.3, -0.25) is 0 Å². The molecule has 2 rings (SSSR count). The normalized spacial score (nSPS) is 33.8. The quantitative estimate of drug-likeness (QED) is 0.771. The van der Waals surface area contributed by atoms with E-state index in [1.165, 1.54) is 0 Å². The third-order valence-electron chi connectivity index (χ3n) is 5.34. The number of carboxylic acid groups (broad SMARTS) is 1. The first-order valence-corrected chi connectivity index (χ1v) is 9.60. The predicted molar refractivity (Wildman–Crippen MR) is 93.6 cm³/mol. The van der Waals surface area contributed by atoms with Gasteiger partial charge < -0.3 is 14.6 Å². The van der Waals surface area contributed by atoms with Gasteiger partial charge in [0, 0.05) is 29.4 Å². The van der Waals surface area contributed by atoms with E-state index in [9.17, 15) is 14.5 Å². The maximum Gasteiger partial charge on any atom is 0.407 e. The lowest BCUT2D eigenvalue weighted by Gasteiger charge is -2.68. The molecule has 1 saturated heterocycles. The molecule has 1 aliphatic heterocycles. The van der Waals surface area contributed by atoms with Crippen molar-refractivity contribution in [2.75, 3.05) is 6.54 Å². The molecule has 23 heavy (non-hydrogen) atoms. The van der Waals surface area contributed by atoms with E-state index in [0.29, 0.717) is 12.5 Å². The van der Waals surface area contributed by atoms with Crippen molar-refractivity contribution in [2.45, 2.75) is 78.1 Å². The van der Waals surface area contributed by atoms with Crippen molar-refractivity contribution in [2.24, 2.45) is 16.7 Å². The summed E-state index contributed by atoms with van der Waals surface area (Å²) in [6, 6.07) is 0.282. The number of carbonyl (C=O) groups is 1. The van der Waals surface area contributed by atoms with E-state index in [-0.39, 0.29) is 27.7 Å². The van der Waals surface area contributed by atoms with E-state index in [2.05, 4.69) is 32.4 Å². The zero-order valence-electron chi connectivity index (χ0n) is 15.5. The van der Waals surface area contributed by atoms with E-state index in [1.54, 1.807) is 4.90 Å². The van der Waals surface area contributed by atoms with Crippen LogP contribution in [0.4, 0.5) is 4.79 Å². The lowest BCUT2D eigenvalue weighted by Crippen LogP contribution is -2.75. The first-order chi connectivity index (χ1) is 10.3. The van der Waals surface area contributed by atoms with Gasteiger partial charge in [-0.05, 0) is 51.9 Å². The van der Waals surface area contributed by atoms with Crippen LogP contribution in [0.1, 0.15) is 61.3 Å². The zero-order valence-corrected chi connectivity index (χ0v) is 16.3. The monoisotopic (exact) mass is 344 g/mol. The predicted octanol–water partition coefficient (Wildman–Crippen LogP) is 3.23. The Bertz CT molecular complexity index is 463. The van der Waals surface area contributed by atoms with Crippen LogP contribution < -0.4 is 4.72 Å². The highest BCUT2D eigenvalue weighted by atomic mass is 32.2. The van der Waals surface area contributed by atoms with Crippen molar-refractivity contribution in [3.8, 4) is 0 Å². The number of hydrogen-bond acceptors (Lipinski definition) is 3. The number of likely N-dealkylation sites (tertiary alicyclic amines) is 1. The Balaban J connectivity index is 1.96. The minimum Gasteiger partial charge on any atom is -0.598 e. The molecule has 0 aromatic carbocycles. The van der Waals surface area contributed by atoms with E-state index in [0.717, 1.165) is 12.8 Å². The van der Waals surface area contributed by atoms with Gasteiger partial charge in [0.05, 0.1) is 6.04 Å². The molecular weight excluding hydrogens is 312 g/mol. The summed E-state index contributed by atoms with van der Waals surface area (Å²) in [4.78, 5) is 13.0. The summed E-state index contributed by atoms with van der Waals surface area (Å²) in [6.07, 6.45) is 1.24. The second-order valence-electron chi connectivity index (χ2n) is 9.50. The number of amides is 1. The molecule has 6 heteroatoms. The standard InChI is InChI=1S/C17H32N2O3S/c1-11(18-23(22)16(5,6)7)12-8-17(9-12)10-19(14(20)21)13(17)15(2,3)4/h11-13,18H,8-10H2,1-7H3,(H,20,21)/t11-,12?,13?,17?,23?/m0/s1. The third-order valence-corrected chi connectivity index (χ3v) is 7.03. The Labute approximate surface area is 143 Å². The van der Waals surface area contributed by atoms with Crippen molar-refractivity contribution >= 4 is 17.5 Å². The van der Waals surface area contributed by atoms with Crippen LogP contribution in [0.15, 0.2) is 0 Å². The molecule has 2 fully saturated rings. The third kappa shape index (κ3) is 3.49. The summed E-state index contributed by atoms with van der Waals surface area (Å²) < 4.78 is 15.2. The first-order valence-electron chi connectivity index (χ1n) is 8.45. The Morgan fingerprint density at radius 1 is 1.30 bits per heavy atom. The molecule has 1 amide bonds. The molecule has 2 aliphatic rings. The molecule has 1 heterocycles. The van der Waals surface area contributed by atoms with Gasteiger partial charge in [-0.2, -0.15) is 0 Å². The van der Waals surface area contributed by atoms with Gasteiger partial charge >= 0.3 is 6.09 Å². The van der Waals surface area contributed by atoms with Crippen molar-refractivity contribution in [3.05, 3.63) is 0 Å². The Hall–Kier alpha value is -0.460. The van der Waals surface area contributed by atoms with Crippen LogP contribution in [0.25, 0.3) is 0 Å². The van der Waals surface area contributed by atoms with E-state index >= 15 is 0 Å². The molecule has 134 valence electrons. The van der Waals surface area contributed by atoms with Gasteiger partial charge in [0.25, 0.3) is 0 Å². The largest absolute Gasteiger partial charge is 0.598 e. The topological polar surface area (TPSA) is 75.6 Å². The molecule has 3 atom stereocenters. The average Bonchev–Trinajstić information content (AvgIpc) is 2.20. The van der Waals surface area contributed by atoms with Crippen LogP contribution in [-0.2, 0) is 11.4 Å². The lowest BCUT2D eigenvalue weighted by molar-refractivity contribution is -0.175. The molecule has 0 aromatic heterocycles. The fraction of sp³-hybridized carbons (Fsp3) is 0.941. The van der Waals surface area contributed by atoms with Crippen LogP contribution in [0.2, 0.25) is 0 Å². The van der Waals surface area contributed by atoms with Crippen LogP contribution >= 0.6 is 0 Å². The molecule has 0 aromatic rings. The minimum atomic E-state index is -1.06. The van der Waals surface area contributed by atoms with Gasteiger partial charge in [-0.25, -0.2) is 4.79 Å². The van der Waals surface area contributed by atoms with Crippen LogP contribution in [0.3, 0.4) is 0 Å². The molecule has 1 aliphatic carbocycles. The molecule has 2 unspecified atom stereocenters. The van der Waals surface area contributed by atoms with E-state index < -0.39 is 17.5 Å². The van der Waals surface area contributed by atoms with Gasteiger partial charge in [-0.1, -0.05) is 20.8 Å². The summed E-state index contributed by atoms with van der Waals surface area (Å²) in [5, 5.41) is 9.38. The van der Waals surface area contributed by atoms with E-state index in [4.69, 9.17) is 0 Å². The summed E-state index contributed by atoms with van der Waals surface area (Å²) >= 11 is -1.06. The molecule has 0 radical (unpaired) electrons. The van der Waals surface area contributed by atoms with Crippen LogP contribution in [-0.4, -0.2) is 44.0 Å². The SMILES string of the molecule is C[C@H](N[S+]([O-])C(C)(C)C)C1CC2(C1)CN(C(=O)O)C2C(C)(C)C. The molecule has 5 nitrogen and oxygen atoms in total. The maximum atomic E-state index is 12.2. The van der Waals surface area contributed by atoms with Gasteiger partial charge in [0.15, 0.2) is 0 Å². The molecule has 2 N–H and O–H groups in total. The first kappa shape index (κ1) is 18.9. The zero-order chi connectivity index (χ0) is 17.8. The highest BCUT2D eigenvalue weighted by molar-refractivity contribution is 7.90. The van der Waals surface area contributed by atoms with Crippen molar-refractivity contribution < 1.29 is 14.5 Å². The second kappa shape index (κ2) is 5.81. The number of nitrogens with zero attached hydrogens (tertiary/aromatic N) is 1. The number of hydrogen-bond donors (Lipinski definition) is 2. The average molecular weight is 345 g/mol. The smallest absolute Gasteiger partial charge is 0.407 e. The Kier molecular flexibility index (Phi) is 4.77. The summed E-state index contributed by atoms with van der Waals surface area (Å²) in [6.45, 7) is 15.0. The van der Waals surface area contributed by atoms with Crippen molar-refractivity contribution in [3.63, 3.8) is 0 Å². The van der Waals surface area contributed by atoms with Gasteiger partial charge in [0.1, 0.15) is 4.75 Å².